The van der Waals surface area contributed by atoms with E-state index >= 15 is 0 Å². The normalized spacial score (nSPS) is 13.2. The summed E-state index contributed by atoms with van der Waals surface area (Å²) in [6.07, 6.45) is 3.82. The molecular weight excluding hydrogens is 713 g/mol. The highest BCUT2D eigenvalue weighted by atomic mass is 14.7. The SMILES string of the molecule is CC1(C)c2ccc3ccccc3c2-c2cccc(-c3cccc(-c4ccc(C=N/C(=C\C(=N)c5ccccc5)c5ccc(-c6ccccc6)cc5)c5ccccc45)c3)c21. The molecule has 280 valence electrons. The zero-order valence-electron chi connectivity index (χ0n) is 33.2. The van der Waals surface area contributed by atoms with Crippen LogP contribution in [0, 0.1) is 5.41 Å². The number of nitrogens with zero attached hydrogens (tertiary/aromatic N) is 1. The van der Waals surface area contributed by atoms with E-state index in [2.05, 4.69) is 178 Å². The third-order valence-corrected chi connectivity index (χ3v) is 12.0. The van der Waals surface area contributed by atoms with Crippen molar-refractivity contribution in [3.8, 4) is 44.5 Å². The summed E-state index contributed by atoms with van der Waals surface area (Å²) in [4.78, 5) is 5.12. The van der Waals surface area contributed by atoms with Crippen LogP contribution in [-0.4, -0.2) is 11.9 Å². The maximum atomic E-state index is 8.98. The summed E-state index contributed by atoms with van der Waals surface area (Å²) >= 11 is 0. The second-order valence-corrected chi connectivity index (χ2v) is 15.9. The number of rotatable bonds is 8. The lowest BCUT2D eigenvalue weighted by molar-refractivity contribution is 0.662. The van der Waals surface area contributed by atoms with Gasteiger partial charge in [-0.05, 0) is 94.9 Å². The quantitative estimate of drug-likeness (QED) is 0.150. The highest BCUT2D eigenvalue weighted by molar-refractivity contribution is 6.12. The molecule has 1 aliphatic rings. The summed E-state index contributed by atoms with van der Waals surface area (Å²) in [5.41, 5.74) is 16.4. The minimum absolute atomic E-state index is 0.147. The fourth-order valence-corrected chi connectivity index (χ4v) is 9.07. The lowest BCUT2D eigenvalue weighted by Crippen LogP contribution is -2.16. The molecule has 0 amide bonds. The topological polar surface area (TPSA) is 36.2 Å². The maximum absolute atomic E-state index is 8.98. The maximum Gasteiger partial charge on any atom is 0.0723 e. The van der Waals surface area contributed by atoms with Crippen molar-refractivity contribution in [3.63, 3.8) is 0 Å². The number of hydrogen-bond acceptors (Lipinski definition) is 2. The summed E-state index contributed by atoms with van der Waals surface area (Å²) in [5.74, 6) is 0. The van der Waals surface area contributed by atoms with Crippen molar-refractivity contribution < 1.29 is 0 Å². The Balaban J connectivity index is 1.03. The Hall–Kier alpha value is -7.42. The Labute approximate surface area is 346 Å². The molecule has 59 heavy (non-hydrogen) atoms. The van der Waals surface area contributed by atoms with Gasteiger partial charge in [0.2, 0.25) is 0 Å². The van der Waals surface area contributed by atoms with Crippen molar-refractivity contribution in [1.82, 2.24) is 0 Å². The lowest BCUT2D eigenvalue weighted by Gasteiger charge is -2.25. The highest BCUT2D eigenvalue weighted by Gasteiger charge is 2.38. The molecule has 0 saturated heterocycles. The molecule has 0 unspecified atom stereocenters. The van der Waals surface area contributed by atoms with Gasteiger partial charge in [-0.15, -0.1) is 0 Å². The van der Waals surface area contributed by atoms with Crippen LogP contribution in [0.3, 0.4) is 0 Å². The molecule has 2 heteroatoms. The molecule has 0 atom stereocenters. The van der Waals surface area contributed by atoms with Gasteiger partial charge in [-0.1, -0.05) is 208 Å². The Morgan fingerprint density at radius 3 is 1.86 bits per heavy atom. The molecule has 0 radical (unpaired) electrons. The van der Waals surface area contributed by atoms with Crippen LogP contribution in [0.5, 0.6) is 0 Å². The van der Waals surface area contributed by atoms with Crippen molar-refractivity contribution in [1.29, 1.82) is 5.41 Å². The van der Waals surface area contributed by atoms with Gasteiger partial charge in [0.15, 0.2) is 0 Å². The summed E-state index contributed by atoms with van der Waals surface area (Å²) < 4.78 is 0. The van der Waals surface area contributed by atoms with Crippen LogP contribution in [0.1, 0.15) is 41.7 Å². The van der Waals surface area contributed by atoms with Crippen LogP contribution in [0.2, 0.25) is 0 Å². The monoisotopic (exact) mass is 754 g/mol. The predicted molar refractivity (Wildman–Crippen MR) is 251 cm³/mol. The zero-order chi connectivity index (χ0) is 39.9. The summed E-state index contributed by atoms with van der Waals surface area (Å²) in [6.45, 7) is 4.75. The first-order valence-corrected chi connectivity index (χ1v) is 20.3. The van der Waals surface area contributed by atoms with Crippen molar-refractivity contribution in [2.24, 2.45) is 4.99 Å². The molecule has 1 N–H and O–H groups in total. The van der Waals surface area contributed by atoms with E-state index in [1.165, 1.54) is 60.7 Å². The largest absolute Gasteiger partial charge is 0.300 e. The van der Waals surface area contributed by atoms with E-state index < -0.39 is 0 Å². The average molecular weight is 755 g/mol. The Morgan fingerprint density at radius 1 is 0.475 bits per heavy atom. The number of nitrogens with one attached hydrogen (secondary N) is 1. The van der Waals surface area contributed by atoms with E-state index in [4.69, 9.17) is 10.4 Å². The molecule has 1 aliphatic carbocycles. The van der Waals surface area contributed by atoms with Crippen molar-refractivity contribution in [3.05, 3.63) is 234 Å². The Morgan fingerprint density at radius 2 is 1.08 bits per heavy atom. The third kappa shape index (κ3) is 6.49. The number of benzene rings is 9. The van der Waals surface area contributed by atoms with Crippen molar-refractivity contribution >= 4 is 39.2 Å². The molecule has 0 heterocycles. The molecule has 0 saturated carbocycles. The van der Waals surface area contributed by atoms with E-state index in [0.29, 0.717) is 5.71 Å². The average Bonchev–Trinajstić information content (AvgIpc) is 3.54. The molecule has 0 bridgehead atoms. The van der Waals surface area contributed by atoms with Gasteiger partial charge in [-0.25, -0.2) is 0 Å². The summed E-state index contributed by atoms with van der Waals surface area (Å²) in [5, 5.41) is 13.9. The van der Waals surface area contributed by atoms with E-state index in [0.717, 1.165) is 38.9 Å². The second-order valence-electron chi connectivity index (χ2n) is 15.9. The molecule has 0 fully saturated rings. The Kier molecular flexibility index (Phi) is 9.03. The molecule has 10 rings (SSSR count). The van der Waals surface area contributed by atoms with Gasteiger partial charge in [0.1, 0.15) is 0 Å². The Bertz CT molecular complexity index is 3110. The van der Waals surface area contributed by atoms with Crippen LogP contribution in [0.25, 0.3) is 71.7 Å². The van der Waals surface area contributed by atoms with Crippen molar-refractivity contribution in [2.75, 3.05) is 0 Å². The van der Waals surface area contributed by atoms with Gasteiger partial charge in [0.05, 0.1) is 11.4 Å². The first-order chi connectivity index (χ1) is 28.9. The molecule has 9 aromatic carbocycles. The van der Waals surface area contributed by atoms with E-state index in [-0.39, 0.29) is 5.41 Å². The smallest absolute Gasteiger partial charge is 0.0723 e. The molecule has 0 spiro atoms. The highest BCUT2D eigenvalue weighted by Crippen LogP contribution is 2.54. The molecule has 0 aliphatic heterocycles. The van der Waals surface area contributed by atoms with Crippen LogP contribution in [0.15, 0.2) is 211 Å². The first-order valence-electron chi connectivity index (χ1n) is 20.3. The van der Waals surface area contributed by atoms with Crippen LogP contribution in [0.4, 0.5) is 0 Å². The molecule has 2 nitrogen and oxygen atoms in total. The van der Waals surface area contributed by atoms with Crippen LogP contribution < -0.4 is 0 Å². The fraction of sp³-hybridized carbons (Fsp3) is 0.0526. The van der Waals surface area contributed by atoms with Gasteiger partial charge in [-0.2, -0.15) is 0 Å². The van der Waals surface area contributed by atoms with E-state index in [9.17, 15) is 0 Å². The van der Waals surface area contributed by atoms with Gasteiger partial charge >= 0.3 is 0 Å². The van der Waals surface area contributed by atoms with Crippen LogP contribution >= 0.6 is 0 Å². The molecule has 0 aromatic heterocycles. The fourth-order valence-electron chi connectivity index (χ4n) is 9.07. The minimum atomic E-state index is -0.147. The van der Waals surface area contributed by atoms with Gasteiger partial charge in [0, 0.05) is 22.8 Å². The number of allylic oxidation sites excluding steroid dienone is 1. The van der Waals surface area contributed by atoms with E-state index in [1.807, 2.05) is 48.7 Å². The van der Waals surface area contributed by atoms with Crippen LogP contribution in [-0.2, 0) is 5.41 Å². The second kappa shape index (κ2) is 14.8. The number of aliphatic imine (C=N–C) groups is 1. The third-order valence-electron chi connectivity index (χ3n) is 12.0. The number of hydrogen-bond donors (Lipinski definition) is 1. The lowest BCUT2D eigenvalue weighted by atomic mass is 9.78. The number of fused-ring (bicyclic) bond motifs is 6. The minimum Gasteiger partial charge on any atom is -0.300 e. The van der Waals surface area contributed by atoms with Gasteiger partial charge in [0.25, 0.3) is 0 Å². The van der Waals surface area contributed by atoms with Gasteiger partial charge in [-0.3, -0.25) is 4.99 Å². The predicted octanol–water partition coefficient (Wildman–Crippen LogP) is 14.8. The zero-order valence-corrected chi connectivity index (χ0v) is 33.2. The standard InChI is InChI=1S/C57H42N2/c1-57(2)52-34-32-40-17-9-10-23-48(40)55(52)51-26-14-25-49(56(51)57)44-21-13-20-43(35-44)47-33-31-45(46-22-11-12-24-50(46)47)37-59-54(36-53(58)41-18-7-4-8-19-41)42-29-27-39(28-30-42)38-15-5-3-6-16-38/h3-37,58H,1-2H3/b54-36-,58-53?,59-37?. The van der Waals surface area contributed by atoms with Crippen molar-refractivity contribution in [2.45, 2.75) is 19.3 Å². The summed E-state index contributed by atoms with van der Waals surface area (Å²) in [6, 6.07) is 70.9. The summed E-state index contributed by atoms with van der Waals surface area (Å²) in [7, 11) is 0. The van der Waals surface area contributed by atoms with E-state index in [1.54, 1.807) is 0 Å². The molecule has 9 aromatic rings. The van der Waals surface area contributed by atoms with Gasteiger partial charge < -0.3 is 5.41 Å². The first kappa shape index (κ1) is 36.0. The molecular formula is C57H42N2.